The number of anilines is 1. The SMILES string of the molecule is COc1cnc(Oc2ccc(C(N)=O)c(-c3ccccc3)c2NCc2ccccc2)nc1OC. The summed E-state index contributed by atoms with van der Waals surface area (Å²) < 4.78 is 16.5. The van der Waals surface area contributed by atoms with E-state index >= 15 is 0 Å². The Balaban J connectivity index is 1.82. The molecular formula is C26H24N4O4. The van der Waals surface area contributed by atoms with E-state index in [2.05, 4.69) is 15.3 Å². The molecule has 172 valence electrons. The van der Waals surface area contributed by atoms with Crippen LogP contribution in [0.4, 0.5) is 5.69 Å². The second kappa shape index (κ2) is 10.4. The van der Waals surface area contributed by atoms with Crippen LogP contribution in [0.1, 0.15) is 15.9 Å². The molecule has 3 aromatic carbocycles. The van der Waals surface area contributed by atoms with Crippen molar-refractivity contribution in [3.8, 4) is 34.5 Å². The summed E-state index contributed by atoms with van der Waals surface area (Å²) in [7, 11) is 2.98. The van der Waals surface area contributed by atoms with Gasteiger partial charge in [0.2, 0.25) is 5.91 Å². The molecule has 1 amide bonds. The molecule has 3 N–H and O–H groups in total. The highest BCUT2D eigenvalue weighted by Gasteiger charge is 2.21. The Kier molecular flexibility index (Phi) is 6.88. The Labute approximate surface area is 197 Å². The third-order valence-corrected chi connectivity index (χ3v) is 5.12. The summed E-state index contributed by atoms with van der Waals surface area (Å²) in [5.41, 5.74) is 9.18. The van der Waals surface area contributed by atoms with Crippen LogP contribution in [0.5, 0.6) is 23.4 Å². The molecule has 0 atom stereocenters. The summed E-state index contributed by atoms with van der Waals surface area (Å²) in [6, 6.07) is 22.8. The number of hydrogen-bond donors (Lipinski definition) is 2. The number of carbonyl (C=O) groups is 1. The highest BCUT2D eigenvalue weighted by molar-refractivity contribution is 6.04. The zero-order chi connectivity index (χ0) is 23.9. The summed E-state index contributed by atoms with van der Waals surface area (Å²) in [5, 5.41) is 3.42. The van der Waals surface area contributed by atoms with Gasteiger partial charge in [0, 0.05) is 17.7 Å². The lowest BCUT2D eigenvalue weighted by Gasteiger charge is -2.19. The molecule has 0 unspecified atom stereocenters. The van der Waals surface area contributed by atoms with Crippen molar-refractivity contribution in [2.24, 2.45) is 5.73 Å². The van der Waals surface area contributed by atoms with Gasteiger partial charge in [-0.1, -0.05) is 60.7 Å². The van der Waals surface area contributed by atoms with Crippen LogP contribution in [0.3, 0.4) is 0 Å². The van der Waals surface area contributed by atoms with Gasteiger partial charge in [-0.05, 0) is 23.3 Å². The van der Waals surface area contributed by atoms with E-state index in [0.29, 0.717) is 34.9 Å². The number of carbonyl (C=O) groups excluding carboxylic acids is 1. The van der Waals surface area contributed by atoms with Crippen molar-refractivity contribution in [1.82, 2.24) is 9.97 Å². The van der Waals surface area contributed by atoms with Crippen molar-refractivity contribution < 1.29 is 19.0 Å². The number of rotatable bonds is 9. The van der Waals surface area contributed by atoms with Crippen LogP contribution < -0.4 is 25.3 Å². The Hall–Kier alpha value is -4.59. The second-order valence-electron chi connectivity index (χ2n) is 7.26. The van der Waals surface area contributed by atoms with Gasteiger partial charge in [-0.25, -0.2) is 0 Å². The molecular weight excluding hydrogens is 432 g/mol. The maximum Gasteiger partial charge on any atom is 0.325 e. The van der Waals surface area contributed by atoms with Gasteiger partial charge in [0.1, 0.15) is 0 Å². The number of nitrogens with one attached hydrogen (secondary N) is 1. The number of primary amides is 1. The van der Waals surface area contributed by atoms with Crippen LogP contribution in [-0.2, 0) is 6.54 Å². The molecule has 0 aliphatic heterocycles. The van der Waals surface area contributed by atoms with Gasteiger partial charge in [0.15, 0.2) is 11.5 Å². The van der Waals surface area contributed by atoms with Gasteiger partial charge in [-0.3, -0.25) is 4.79 Å². The number of methoxy groups -OCH3 is 2. The molecule has 34 heavy (non-hydrogen) atoms. The Bertz CT molecular complexity index is 1280. The number of amides is 1. The molecule has 0 spiro atoms. The number of aromatic nitrogens is 2. The van der Waals surface area contributed by atoms with E-state index in [4.69, 9.17) is 19.9 Å². The van der Waals surface area contributed by atoms with E-state index in [0.717, 1.165) is 11.1 Å². The molecule has 0 saturated heterocycles. The zero-order valence-corrected chi connectivity index (χ0v) is 18.8. The molecule has 0 bridgehead atoms. The fraction of sp³-hybridized carbons (Fsp3) is 0.115. The molecule has 1 aromatic heterocycles. The summed E-state index contributed by atoms with van der Waals surface area (Å²) in [6.45, 7) is 0.492. The second-order valence-corrected chi connectivity index (χ2v) is 7.26. The first-order valence-corrected chi connectivity index (χ1v) is 10.5. The van der Waals surface area contributed by atoms with E-state index < -0.39 is 5.91 Å². The fourth-order valence-corrected chi connectivity index (χ4v) is 3.51. The molecule has 4 rings (SSSR count). The minimum absolute atomic E-state index is 0.0613. The molecule has 1 heterocycles. The van der Waals surface area contributed by atoms with Crippen molar-refractivity contribution in [2.45, 2.75) is 6.54 Å². The first kappa shape index (κ1) is 22.6. The normalized spacial score (nSPS) is 10.4. The first-order chi connectivity index (χ1) is 16.6. The van der Waals surface area contributed by atoms with Gasteiger partial charge < -0.3 is 25.3 Å². The van der Waals surface area contributed by atoms with Crippen LogP contribution in [0, 0.1) is 0 Å². The summed E-state index contributed by atoms with van der Waals surface area (Å²) in [4.78, 5) is 20.8. The summed E-state index contributed by atoms with van der Waals surface area (Å²) in [6.07, 6.45) is 1.47. The third kappa shape index (κ3) is 4.91. The summed E-state index contributed by atoms with van der Waals surface area (Å²) >= 11 is 0. The van der Waals surface area contributed by atoms with Crippen LogP contribution in [0.2, 0.25) is 0 Å². The van der Waals surface area contributed by atoms with E-state index in [9.17, 15) is 4.79 Å². The monoisotopic (exact) mass is 456 g/mol. The number of ether oxygens (including phenoxy) is 3. The Morgan fingerprint density at radius 1 is 0.912 bits per heavy atom. The third-order valence-electron chi connectivity index (χ3n) is 5.12. The average Bonchev–Trinajstić information content (AvgIpc) is 2.88. The Morgan fingerprint density at radius 3 is 2.26 bits per heavy atom. The zero-order valence-electron chi connectivity index (χ0n) is 18.8. The van der Waals surface area contributed by atoms with Crippen LogP contribution in [0.25, 0.3) is 11.1 Å². The van der Waals surface area contributed by atoms with Crippen molar-refractivity contribution in [3.05, 3.63) is 90.1 Å². The smallest absolute Gasteiger partial charge is 0.325 e. The van der Waals surface area contributed by atoms with E-state index in [1.54, 1.807) is 12.1 Å². The van der Waals surface area contributed by atoms with Gasteiger partial charge in [0.25, 0.3) is 5.88 Å². The number of hydrogen-bond acceptors (Lipinski definition) is 7. The standard InChI is InChI=1S/C26H24N4O4/c1-32-21-16-29-26(30-25(21)33-2)34-20-14-13-19(24(27)31)22(18-11-7-4-8-12-18)23(20)28-15-17-9-5-3-6-10-17/h3-14,16,28H,15H2,1-2H3,(H2,27,31). The molecule has 0 radical (unpaired) electrons. The molecule has 4 aromatic rings. The van der Waals surface area contributed by atoms with Crippen molar-refractivity contribution >= 4 is 11.6 Å². The lowest BCUT2D eigenvalue weighted by molar-refractivity contribution is 0.100. The maximum absolute atomic E-state index is 12.3. The molecule has 0 aliphatic carbocycles. The predicted octanol–water partition coefficient (Wildman–Crippen LogP) is 4.66. The van der Waals surface area contributed by atoms with Gasteiger partial charge >= 0.3 is 6.01 Å². The quantitative estimate of drug-likeness (QED) is 0.377. The first-order valence-electron chi connectivity index (χ1n) is 10.5. The minimum Gasteiger partial charge on any atom is -0.490 e. The van der Waals surface area contributed by atoms with Gasteiger partial charge in [0.05, 0.1) is 26.1 Å². The molecule has 0 fully saturated rings. The lowest BCUT2D eigenvalue weighted by atomic mass is 9.96. The predicted molar refractivity (Wildman–Crippen MR) is 129 cm³/mol. The minimum atomic E-state index is -0.546. The molecule has 8 heteroatoms. The number of nitrogens with two attached hydrogens (primary N) is 1. The van der Waals surface area contributed by atoms with Crippen molar-refractivity contribution in [3.63, 3.8) is 0 Å². The van der Waals surface area contributed by atoms with E-state index in [-0.39, 0.29) is 11.9 Å². The molecule has 8 nitrogen and oxygen atoms in total. The largest absolute Gasteiger partial charge is 0.490 e. The van der Waals surface area contributed by atoms with Crippen molar-refractivity contribution in [2.75, 3.05) is 19.5 Å². The molecule has 0 aliphatic rings. The number of benzene rings is 3. The van der Waals surface area contributed by atoms with E-state index in [1.165, 1.54) is 20.4 Å². The highest BCUT2D eigenvalue weighted by Crippen LogP contribution is 2.41. The van der Waals surface area contributed by atoms with Crippen LogP contribution >= 0.6 is 0 Å². The number of nitrogens with zero attached hydrogens (tertiary/aromatic N) is 2. The van der Waals surface area contributed by atoms with Crippen LogP contribution in [0.15, 0.2) is 79.0 Å². The maximum atomic E-state index is 12.3. The van der Waals surface area contributed by atoms with E-state index in [1.807, 2.05) is 60.7 Å². The van der Waals surface area contributed by atoms with Crippen LogP contribution in [-0.4, -0.2) is 30.1 Å². The average molecular weight is 457 g/mol. The van der Waals surface area contributed by atoms with Gasteiger partial charge in [-0.2, -0.15) is 9.97 Å². The summed E-state index contributed by atoms with van der Waals surface area (Å²) in [5.74, 6) is 0.497. The Morgan fingerprint density at radius 2 is 1.62 bits per heavy atom. The topological polar surface area (TPSA) is 109 Å². The lowest BCUT2D eigenvalue weighted by Crippen LogP contribution is -2.14. The van der Waals surface area contributed by atoms with Crippen molar-refractivity contribution in [1.29, 1.82) is 0 Å². The molecule has 0 saturated carbocycles. The van der Waals surface area contributed by atoms with Gasteiger partial charge in [-0.15, -0.1) is 0 Å². The highest BCUT2D eigenvalue weighted by atomic mass is 16.5. The fourth-order valence-electron chi connectivity index (χ4n) is 3.51.